The fourth-order valence-electron chi connectivity index (χ4n) is 2.20. The molecule has 1 aromatic carbocycles. The molecule has 0 saturated heterocycles. The molecule has 5 heteroatoms. The van der Waals surface area contributed by atoms with Gasteiger partial charge in [-0.2, -0.15) is 5.10 Å². The summed E-state index contributed by atoms with van der Waals surface area (Å²) in [4.78, 5) is 22.9. The van der Waals surface area contributed by atoms with Crippen molar-refractivity contribution in [2.75, 3.05) is 0 Å². The molecule has 0 aliphatic carbocycles. The van der Waals surface area contributed by atoms with Crippen LogP contribution in [0.3, 0.4) is 0 Å². The van der Waals surface area contributed by atoms with Crippen LogP contribution in [0.2, 0.25) is 0 Å². The molecular weight excluding hydrogens is 276 g/mol. The highest BCUT2D eigenvalue weighted by Crippen LogP contribution is 2.18. The Balaban J connectivity index is 2.68. The van der Waals surface area contributed by atoms with Gasteiger partial charge in [-0.05, 0) is 43.5 Å². The fourth-order valence-corrected chi connectivity index (χ4v) is 2.33. The number of aromatic nitrogens is 2. The molecule has 104 valence electrons. The number of carbonyl (C=O) groups is 1. The summed E-state index contributed by atoms with van der Waals surface area (Å²) in [6, 6.07) is 7.41. The van der Waals surface area contributed by atoms with Crippen LogP contribution < -0.4 is 5.43 Å². The summed E-state index contributed by atoms with van der Waals surface area (Å²) in [7, 11) is 0. The number of hydrogen-bond donors (Lipinski definition) is 0. The van der Waals surface area contributed by atoms with Gasteiger partial charge in [0.1, 0.15) is 5.69 Å². The molecule has 0 amide bonds. The number of carbonyl (C=O) groups excluding carboxylic acids is 1. The number of aryl methyl sites for hydroxylation is 3. The number of benzene rings is 1. The van der Waals surface area contributed by atoms with Gasteiger partial charge in [-0.3, -0.25) is 9.59 Å². The molecule has 0 N–H and O–H groups in total. The maximum absolute atomic E-state index is 11.8. The number of halogens is 1. The number of rotatable bonds is 3. The monoisotopic (exact) mass is 290 g/mol. The second-order valence-corrected chi connectivity index (χ2v) is 5.20. The molecule has 4 nitrogen and oxygen atoms in total. The average Bonchev–Trinajstić information content (AvgIpc) is 2.33. The lowest BCUT2D eigenvalue weighted by Gasteiger charge is -2.15. The van der Waals surface area contributed by atoms with E-state index in [1.165, 1.54) is 6.07 Å². The molecule has 0 saturated carbocycles. The number of para-hydroxylation sites is 1. The van der Waals surface area contributed by atoms with E-state index >= 15 is 0 Å². The summed E-state index contributed by atoms with van der Waals surface area (Å²) >= 11 is 5.36. The van der Waals surface area contributed by atoms with Crippen molar-refractivity contribution in [2.24, 2.45) is 0 Å². The molecule has 2 rings (SSSR count). The third-order valence-electron chi connectivity index (χ3n) is 3.14. The largest absolute Gasteiger partial charge is 0.288 e. The van der Waals surface area contributed by atoms with Gasteiger partial charge in [0, 0.05) is 11.8 Å². The Labute approximate surface area is 122 Å². The minimum atomic E-state index is -0.591. The second kappa shape index (κ2) is 5.59. The van der Waals surface area contributed by atoms with E-state index in [4.69, 9.17) is 11.6 Å². The predicted molar refractivity (Wildman–Crippen MR) is 78.6 cm³/mol. The minimum absolute atomic E-state index is 0.161. The molecule has 0 atom stereocenters. The maximum atomic E-state index is 11.8. The lowest BCUT2D eigenvalue weighted by atomic mass is 10.1. The zero-order valence-corrected chi connectivity index (χ0v) is 12.4. The van der Waals surface area contributed by atoms with Gasteiger partial charge in [0.15, 0.2) is 0 Å². The quantitative estimate of drug-likeness (QED) is 0.816. The standard InChI is InChI=1S/C15H15ClN2O2/c1-9-5-4-6-10(2)15(9)18-11(3)7-13(19)12(17-18)8-14(16)20/h4-7H,8H2,1-3H3. The van der Waals surface area contributed by atoms with Crippen molar-refractivity contribution in [3.8, 4) is 5.69 Å². The summed E-state index contributed by atoms with van der Waals surface area (Å²) in [6.45, 7) is 5.77. The normalized spacial score (nSPS) is 10.6. The highest BCUT2D eigenvalue weighted by Gasteiger charge is 2.13. The first-order valence-corrected chi connectivity index (χ1v) is 6.62. The highest BCUT2D eigenvalue weighted by atomic mass is 35.5. The minimum Gasteiger partial charge on any atom is -0.288 e. The van der Waals surface area contributed by atoms with Gasteiger partial charge >= 0.3 is 0 Å². The Bertz CT molecular complexity index is 715. The molecule has 0 aliphatic heterocycles. The first kappa shape index (κ1) is 14.5. The third kappa shape index (κ3) is 2.80. The van der Waals surface area contributed by atoms with Crippen molar-refractivity contribution in [3.63, 3.8) is 0 Å². The van der Waals surface area contributed by atoms with E-state index in [2.05, 4.69) is 5.10 Å². The van der Waals surface area contributed by atoms with Gasteiger partial charge in [0.25, 0.3) is 0 Å². The van der Waals surface area contributed by atoms with Crippen molar-refractivity contribution in [1.29, 1.82) is 0 Å². The smallest absolute Gasteiger partial charge is 0.227 e. The molecule has 0 spiro atoms. The van der Waals surface area contributed by atoms with E-state index in [-0.39, 0.29) is 17.5 Å². The van der Waals surface area contributed by atoms with E-state index in [9.17, 15) is 9.59 Å². The second-order valence-electron chi connectivity index (χ2n) is 4.78. The Kier molecular flexibility index (Phi) is 4.04. The summed E-state index contributed by atoms with van der Waals surface area (Å²) in [6.07, 6.45) is -0.161. The lowest BCUT2D eigenvalue weighted by molar-refractivity contribution is -0.111. The van der Waals surface area contributed by atoms with Crippen LogP contribution in [0.5, 0.6) is 0 Å². The first-order valence-electron chi connectivity index (χ1n) is 6.25. The van der Waals surface area contributed by atoms with Gasteiger partial charge in [0.05, 0.1) is 12.1 Å². The molecular formula is C15H15ClN2O2. The molecule has 0 fully saturated rings. The zero-order valence-electron chi connectivity index (χ0n) is 11.6. The van der Waals surface area contributed by atoms with Gasteiger partial charge in [-0.1, -0.05) is 18.2 Å². The third-order valence-corrected chi connectivity index (χ3v) is 3.27. The van der Waals surface area contributed by atoms with Gasteiger partial charge in [-0.15, -0.1) is 0 Å². The van der Waals surface area contributed by atoms with Gasteiger partial charge in [-0.25, -0.2) is 4.68 Å². The van der Waals surface area contributed by atoms with E-state index in [0.717, 1.165) is 22.5 Å². The van der Waals surface area contributed by atoms with E-state index in [1.54, 1.807) is 4.68 Å². The molecule has 0 bridgehead atoms. The molecule has 20 heavy (non-hydrogen) atoms. The van der Waals surface area contributed by atoms with E-state index < -0.39 is 5.24 Å². The molecule has 0 radical (unpaired) electrons. The number of hydrogen-bond acceptors (Lipinski definition) is 3. The zero-order chi connectivity index (χ0) is 14.9. The van der Waals surface area contributed by atoms with Crippen molar-refractivity contribution in [1.82, 2.24) is 9.78 Å². The molecule has 1 heterocycles. The molecule has 2 aromatic rings. The van der Waals surface area contributed by atoms with Crippen LogP contribution in [0.4, 0.5) is 0 Å². The maximum Gasteiger partial charge on any atom is 0.227 e. The van der Waals surface area contributed by atoms with Gasteiger partial charge < -0.3 is 0 Å². The van der Waals surface area contributed by atoms with Crippen LogP contribution in [0.15, 0.2) is 29.1 Å². The Morgan fingerprint density at radius 1 is 1.25 bits per heavy atom. The van der Waals surface area contributed by atoms with Crippen LogP contribution in [0, 0.1) is 20.8 Å². The summed E-state index contributed by atoms with van der Waals surface area (Å²) < 4.78 is 1.70. The molecule has 1 aromatic heterocycles. The Morgan fingerprint density at radius 2 is 1.85 bits per heavy atom. The average molecular weight is 291 g/mol. The van der Waals surface area contributed by atoms with Crippen LogP contribution in [-0.4, -0.2) is 15.0 Å². The van der Waals surface area contributed by atoms with Gasteiger partial charge in [0.2, 0.25) is 10.7 Å². The summed E-state index contributed by atoms with van der Waals surface area (Å²) in [5.41, 5.74) is 3.64. The summed E-state index contributed by atoms with van der Waals surface area (Å²) in [5, 5.41) is 3.71. The van der Waals surface area contributed by atoms with E-state index in [0.29, 0.717) is 0 Å². The Hall–Kier alpha value is -1.94. The van der Waals surface area contributed by atoms with Crippen LogP contribution in [-0.2, 0) is 11.2 Å². The summed E-state index contributed by atoms with van der Waals surface area (Å²) in [5.74, 6) is 0. The lowest BCUT2D eigenvalue weighted by Crippen LogP contribution is -2.21. The number of nitrogens with zero attached hydrogens (tertiary/aromatic N) is 2. The van der Waals surface area contributed by atoms with E-state index in [1.807, 2.05) is 39.0 Å². The Morgan fingerprint density at radius 3 is 2.40 bits per heavy atom. The highest BCUT2D eigenvalue weighted by molar-refractivity contribution is 6.63. The van der Waals surface area contributed by atoms with Crippen molar-refractivity contribution < 1.29 is 4.79 Å². The molecule has 0 aliphatic rings. The van der Waals surface area contributed by atoms with Crippen LogP contribution in [0.1, 0.15) is 22.5 Å². The predicted octanol–water partition coefficient (Wildman–Crippen LogP) is 2.47. The topological polar surface area (TPSA) is 52.0 Å². The van der Waals surface area contributed by atoms with Crippen molar-refractivity contribution in [2.45, 2.75) is 27.2 Å². The van der Waals surface area contributed by atoms with Crippen molar-refractivity contribution >= 4 is 16.8 Å². The van der Waals surface area contributed by atoms with Crippen LogP contribution in [0.25, 0.3) is 5.69 Å². The first-order chi connectivity index (χ1) is 9.40. The molecule has 0 unspecified atom stereocenters. The van der Waals surface area contributed by atoms with Crippen molar-refractivity contribution in [3.05, 3.63) is 57.0 Å². The SMILES string of the molecule is Cc1cccc(C)c1-n1nc(CC(=O)Cl)c(=O)cc1C. The van der Waals surface area contributed by atoms with Crippen LogP contribution >= 0.6 is 11.6 Å². The fraction of sp³-hybridized carbons (Fsp3) is 0.267.